The van der Waals surface area contributed by atoms with Gasteiger partial charge in [0.1, 0.15) is 0 Å². The number of aliphatic carboxylic acids is 1. The molecule has 0 radical (unpaired) electrons. The first-order valence-corrected chi connectivity index (χ1v) is 14.9. The number of carboxylic acids is 1. The zero-order valence-electron chi connectivity index (χ0n) is 21.0. The lowest BCUT2D eigenvalue weighted by Crippen LogP contribution is -2.35. The summed E-state index contributed by atoms with van der Waals surface area (Å²) in [6.07, 6.45) is 4.67. The monoisotopic (exact) mass is 754 g/mol. The Morgan fingerprint density at radius 1 is 0.868 bits per heavy atom. The Kier molecular flexibility index (Phi) is 11.8. The number of carbonyl (C=O) groups is 3. The molecule has 3 aromatic rings. The fourth-order valence-electron chi connectivity index (χ4n) is 3.91. The van der Waals surface area contributed by atoms with Crippen molar-refractivity contribution in [3.8, 4) is 0 Å². The first kappa shape index (κ1) is 30.3. The van der Waals surface area contributed by atoms with Gasteiger partial charge in [-0.1, -0.05) is 88.0 Å². The van der Waals surface area contributed by atoms with E-state index in [1.54, 1.807) is 12.1 Å². The van der Waals surface area contributed by atoms with Gasteiger partial charge in [0.05, 0.1) is 0 Å². The van der Waals surface area contributed by atoms with Crippen LogP contribution in [-0.4, -0.2) is 27.8 Å². The molecule has 0 bridgehead atoms. The Bertz CT molecular complexity index is 1260. The van der Waals surface area contributed by atoms with E-state index in [1.807, 2.05) is 36.4 Å². The second-order valence-corrected chi connectivity index (χ2v) is 11.9. The minimum atomic E-state index is -1.52. The summed E-state index contributed by atoms with van der Waals surface area (Å²) in [5.74, 6) is -2.75. The van der Waals surface area contributed by atoms with Gasteiger partial charge in [0, 0.05) is 37.7 Å². The van der Waals surface area contributed by atoms with E-state index in [1.165, 1.54) is 29.7 Å². The third-order valence-corrected chi connectivity index (χ3v) is 8.19. The van der Waals surface area contributed by atoms with Gasteiger partial charge in [0.2, 0.25) is 0 Å². The van der Waals surface area contributed by atoms with Crippen molar-refractivity contribution >= 4 is 72.2 Å². The van der Waals surface area contributed by atoms with E-state index < -0.39 is 11.9 Å². The number of benzene rings is 3. The maximum atomic E-state index is 12.9. The number of nitrogens with one attached hydrogen (secondary N) is 1. The Hall–Kier alpha value is -2.24. The normalized spacial score (nSPS) is 10.7. The average Bonchev–Trinajstić information content (AvgIpc) is 2.90. The molecular weight excluding hydrogens is 727 g/mol. The van der Waals surface area contributed by atoms with Crippen molar-refractivity contribution in [1.82, 2.24) is 10.2 Å². The summed E-state index contributed by atoms with van der Waals surface area (Å²) in [6.45, 7) is 2.78. The smallest absolute Gasteiger partial charge is 0.394 e. The van der Waals surface area contributed by atoms with Gasteiger partial charge >= 0.3 is 11.9 Å². The Morgan fingerprint density at radius 3 is 2.03 bits per heavy atom. The quantitative estimate of drug-likeness (QED) is 0.124. The predicted molar refractivity (Wildman–Crippen MR) is 164 cm³/mol. The molecule has 2 N–H and O–H groups in total. The third-order valence-electron chi connectivity index (χ3n) is 6.05. The standard InChI is InChI=1S/C29H29Br2IN2O4/c1-2-3-4-5-19-6-8-20(9-7-19)16-33-27(35)22-14-25(30)24(26(31)15-22)18-34(28(36)29(37)38)17-21-10-12-23(32)13-11-21/h6-15H,2-5,16-18H2,1H3,(H,33,35)(H,37,38). The van der Waals surface area contributed by atoms with Crippen LogP contribution in [0.3, 0.4) is 0 Å². The number of halogens is 3. The summed E-state index contributed by atoms with van der Waals surface area (Å²) in [4.78, 5) is 38.1. The summed E-state index contributed by atoms with van der Waals surface area (Å²) < 4.78 is 2.24. The number of carbonyl (C=O) groups excluding carboxylic acids is 2. The maximum absolute atomic E-state index is 12.9. The van der Waals surface area contributed by atoms with E-state index in [0.29, 0.717) is 26.6 Å². The number of carboxylic acid groups (broad SMARTS) is 1. The number of aryl methyl sites for hydroxylation is 1. The predicted octanol–water partition coefficient (Wildman–Crippen LogP) is 7.09. The van der Waals surface area contributed by atoms with Crippen LogP contribution in [0.15, 0.2) is 69.6 Å². The van der Waals surface area contributed by atoms with E-state index in [-0.39, 0.29) is 19.0 Å². The highest BCUT2D eigenvalue weighted by molar-refractivity contribution is 14.1. The number of unbranched alkanes of at least 4 members (excludes halogenated alkanes) is 2. The fourth-order valence-corrected chi connectivity index (χ4v) is 5.71. The highest BCUT2D eigenvalue weighted by Gasteiger charge is 2.24. The van der Waals surface area contributed by atoms with Crippen LogP contribution in [0, 0.1) is 3.57 Å². The second kappa shape index (κ2) is 14.8. The van der Waals surface area contributed by atoms with Crippen molar-refractivity contribution in [2.45, 2.75) is 52.2 Å². The number of amides is 2. The zero-order chi connectivity index (χ0) is 27.7. The van der Waals surface area contributed by atoms with Crippen LogP contribution < -0.4 is 5.32 Å². The van der Waals surface area contributed by atoms with Gasteiger partial charge in [-0.3, -0.25) is 9.59 Å². The van der Waals surface area contributed by atoms with Gasteiger partial charge in [0.25, 0.3) is 5.91 Å². The lowest BCUT2D eigenvalue weighted by molar-refractivity contribution is -0.156. The second-order valence-electron chi connectivity index (χ2n) is 8.97. The Morgan fingerprint density at radius 2 is 1.45 bits per heavy atom. The molecule has 200 valence electrons. The SMILES string of the molecule is CCCCCc1ccc(CNC(=O)c2cc(Br)c(CN(Cc3ccc(I)cc3)C(=O)C(=O)O)c(Br)c2)cc1. The van der Waals surface area contributed by atoms with Crippen molar-refractivity contribution < 1.29 is 19.5 Å². The number of rotatable bonds is 11. The van der Waals surface area contributed by atoms with Gasteiger partial charge in [-0.15, -0.1) is 0 Å². The van der Waals surface area contributed by atoms with E-state index in [4.69, 9.17) is 0 Å². The topological polar surface area (TPSA) is 86.7 Å². The first-order valence-electron chi connectivity index (χ1n) is 12.3. The van der Waals surface area contributed by atoms with Gasteiger partial charge in [-0.25, -0.2) is 4.79 Å². The van der Waals surface area contributed by atoms with Crippen LogP contribution in [0.2, 0.25) is 0 Å². The highest BCUT2D eigenvalue weighted by atomic mass is 127. The lowest BCUT2D eigenvalue weighted by atomic mass is 10.1. The number of hydrogen-bond acceptors (Lipinski definition) is 3. The fraction of sp³-hybridized carbons (Fsp3) is 0.276. The molecule has 0 spiro atoms. The lowest BCUT2D eigenvalue weighted by Gasteiger charge is -2.23. The van der Waals surface area contributed by atoms with Crippen LogP contribution in [0.1, 0.15) is 58.8 Å². The van der Waals surface area contributed by atoms with E-state index in [0.717, 1.165) is 21.1 Å². The van der Waals surface area contributed by atoms with Gasteiger partial charge < -0.3 is 15.3 Å². The summed E-state index contributed by atoms with van der Waals surface area (Å²) in [6, 6.07) is 19.2. The molecule has 3 aromatic carbocycles. The molecule has 0 atom stereocenters. The van der Waals surface area contributed by atoms with Crippen molar-refractivity contribution in [3.05, 3.63) is 101 Å². The van der Waals surface area contributed by atoms with Crippen LogP contribution in [0.4, 0.5) is 0 Å². The van der Waals surface area contributed by atoms with E-state index >= 15 is 0 Å². The average molecular weight is 756 g/mol. The largest absolute Gasteiger partial charge is 0.474 e. The van der Waals surface area contributed by atoms with Gasteiger partial charge in [0.15, 0.2) is 0 Å². The number of hydrogen-bond donors (Lipinski definition) is 2. The molecule has 0 aromatic heterocycles. The molecule has 0 aliphatic rings. The van der Waals surface area contributed by atoms with Crippen LogP contribution in [-0.2, 0) is 35.6 Å². The molecular formula is C29H29Br2IN2O4. The molecule has 0 aliphatic carbocycles. The Labute approximate surface area is 253 Å². The molecule has 2 amide bonds. The van der Waals surface area contributed by atoms with Gasteiger partial charge in [-0.05, 0) is 82.0 Å². The summed E-state index contributed by atoms with van der Waals surface area (Å²) in [7, 11) is 0. The van der Waals surface area contributed by atoms with E-state index in [2.05, 4.69) is 78.8 Å². The third kappa shape index (κ3) is 8.91. The number of nitrogens with zero attached hydrogens (tertiary/aromatic N) is 1. The maximum Gasteiger partial charge on any atom is 0.394 e. The minimum absolute atomic E-state index is 0.0464. The molecule has 0 saturated carbocycles. The molecule has 0 fully saturated rings. The zero-order valence-corrected chi connectivity index (χ0v) is 26.3. The molecule has 0 unspecified atom stereocenters. The molecule has 9 heteroatoms. The van der Waals surface area contributed by atoms with E-state index in [9.17, 15) is 19.5 Å². The van der Waals surface area contributed by atoms with Crippen LogP contribution in [0.5, 0.6) is 0 Å². The Balaban J connectivity index is 1.68. The van der Waals surface area contributed by atoms with Crippen molar-refractivity contribution in [1.29, 1.82) is 0 Å². The summed E-state index contributed by atoms with van der Waals surface area (Å²) >= 11 is 9.20. The highest BCUT2D eigenvalue weighted by Crippen LogP contribution is 2.29. The molecule has 0 saturated heterocycles. The molecule has 38 heavy (non-hydrogen) atoms. The molecule has 0 heterocycles. The van der Waals surface area contributed by atoms with Crippen molar-refractivity contribution in [3.63, 3.8) is 0 Å². The van der Waals surface area contributed by atoms with Crippen LogP contribution >= 0.6 is 54.5 Å². The molecule has 0 aliphatic heterocycles. The van der Waals surface area contributed by atoms with Crippen LogP contribution in [0.25, 0.3) is 0 Å². The minimum Gasteiger partial charge on any atom is -0.474 e. The molecule has 3 rings (SSSR count). The summed E-state index contributed by atoms with van der Waals surface area (Å²) in [5, 5.41) is 12.3. The molecule has 6 nitrogen and oxygen atoms in total. The summed E-state index contributed by atoms with van der Waals surface area (Å²) in [5.41, 5.74) is 4.25. The van der Waals surface area contributed by atoms with Crippen molar-refractivity contribution in [2.24, 2.45) is 0 Å². The first-order chi connectivity index (χ1) is 18.2. The van der Waals surface area contributed by atoms with Gasteiger partial charge in [-0.2, -0.15) is 0 Å². The van der Waals surface area contributed by atoms with Crippen molar-refractivity contribution in [2.75, 3.05) is 0 Å².